The number of nitrogens with one attached hydrogen (secondary N) is 1. The first kappa shape index (κ1) is 20.2. The van der Waals surface area contributed by atoms with Crippen molar-refractivity contribution in [3.63, 3.8) is 0 Å². The van der Waals surface area contributed by atoms with E-state index in [0.29, 0.717) is 48.0 Å². The van der Waals surface area contributed by atoms with Gasteiger partial charge in [0, 0.05) is 37.4 Å². The third kappa shape index (κ3) is 4.82. The van der Waals surface area contributed by atoms with Crippen molar-refractivity contribution in [1.82, 2.24) is 9.80 Å². The molecule has 1 aliphatic rings. The number of sulfonamides is 1. The quantitative estimate of drug-likeness (QED) is 0.820. The maximum atomic E-state index is 12.7. The summed E-state index contributed by atoms with van der Waals surface area (Å²) in [6.45, 7) is 1.67. The van der Waals surface area contributed by atoms with E-state index in [0.717, 1.165) is 6.26 Å². The van der Waals surface area contributed by atoms with Gasteiger partial charge in [0.15, 0.2) is 0 Å². The Labute approximate surface area is 168 Å². The van der Waals surface area contributed by atoms with Crippen LogP contribution in [0.15, 0.2) is 48.5 Å². The number of rotatable bonds is 4. The minimum Gasteiger partial charge on any atom is -0.335 e. The van der Waals surface area contributed by atoms with E-state index in [9.17, 15) is 18.0 Å². The highest BCUT2D eigenvalue weighted by Gasteiger charge is 2.26. The molecule has 7 nitrogen and oxygen atoms in total. The minimum absolute atomic E-state index is 0.145. The van der Waals surface area contributed by atoms with Crippen molar-refractivity contribution in [3.05, 3.63) is 64.7 Å². The van der Waals surface area contributed by atoms with Crippen molar-refractivity contribution in [3.8, 4) is 0 Å². The van der Waals surface area contributed by atoms with Gasteiger partial charge >= 0.3 is 0 Å². The van der Waals surface area contributed by atoms with Gasteiger partial charge in [-0.25, -0.2) is 8.42 Å². The molecule has 0 aliphatic carbocycles. The van der Waals surface area contributed by atoms with Crippen LogP contribution in [0, 0.1) is 0 Å². The number of nitrogens with zero attached hydrogens (tertiary/aromatic N) is 2. The number of hydrogen-bond donors (Lipinski definition) is 1. The monoisotopic (exact) mass is 421 g/mol. The third-order valence-electron chi connectivity index (χ3n) is 4.39. The highest BCUT2D eigenvalue weighted by Crippen LogP contribution is 2.19. The molecule has 2 amide bonds. The molecule has 0 bridgehead atoms. The summed E-state index contributed by atoms with van der Waals surface area (Å²) in [6.07, 6.45) is 1.06. The molecule has 1 saturated heterocycles. The van der Waals surface area contributed by atoms with Crippen LogP contribution >= 0.6 is 11.6 Å². The second-order valence-electron chi connectivity index (χ2n) is 6.52. The average molecular weight is 422 g/mol. The Hall–Kier alpha value is -2.58. The Kier molecular flexibility index (Phi) is 5.90. The first-order chi connectivity index (χ1) is 13.2. The van der Waals surface area contributed by atoms with Gasteiger partial charge in [-0.15, -0.1) is 0 Å². The molecular weight excluding hydrogens is 402 g/mol. The van der Waals surface area contributed by atoms with E-state index in [4.69, 9.17) is 11.6 Å². The van der Waals surface area contributed by atoms with Crippen LogP contribution in [0.3, 0.4) is 0 Å². The lowest BCUT2D eigenvalue weighted by molar-refractivity contribution is 0.0535. The van der Waals surface area contributed by atoms with Crippen LogP contribution in [-0.4, -0.2) is 62.5 Å². The van der Waals surface area contributed by atoms with Gasteiger partial charge in [0.1, 0.15) is 0 Å². The largest absolute Gasteiger partial charge is 0.335 e. The van der Waals surface area contributed by atoms with E-state index in [1.54, 1.807) is 58.3 Å². The standard InChI is InChI=1S/C19H20ClN3O4S/c1-28(26,27)21-15-8-6-14(7-9-15)18(24)22-10-12-23(13-11-22)19(25)16-4-2-3-5-17(16)20/h2-9,21H,10-13H2,1H3. The Balaban J connectivity index is 1.61. The number of carbonyl (C=O) groups is 2. The number of piperazine rings is 1. The zero-order chi connectivity index (χ0) is 20.3. The molecule has 0 saturated carbocycles. The number of amides is 2. The van der Waals surface area contributed by atoms with E-state index in [1.165, 1.54) is 0 Å². The average Bonchev–Trinajstić information content (AvgIpc) is 2.67. The molecule has 3 rings (SSSR count). The first-order valence-electron chi connectivity index (χ1n) is 8.65. The molecule has 0 unspecified atom stereocenters. The van der Waals surface area contributed by atoms with E-state index in [-0.39, 0.29) is 11.8 Å². The number of benzene rings is 2. The molecule has 1 heterocycles. The van der Waals surface area contributed by atoms with E-state index in [2.05, 4.69) is 4.72 Å². The minimum atomic E-state index is -3.36. The summed E-state index contributed by atoms with van der Waals surface area (Å²) in [5.41, 5.74) is 1.32. The van der Waals surface area contributed by atoms with Crippen LogP contribution in [0.4, 0.5) is 5.69 Å². The van der Waals surface area contributed by atoms with Crippen molar-refractivity contribution in [2.75, 3.05) is 37.2 Å². The van der Waals surface area contributed by atoms with Crippen molar-refractivity contribution in [1.29, 1.82) is 0 Å². The number of carbonyl (C=O) groups excluding carboxylic acids is 2. The summed E-state index contributed by atoms with van der Waals surface area (Å²) in [6, 6.07) is 13.2. The normalized spacial score (nSPS) is 14.6. The second-order valence-corrected chi connectivity index (χ2v) is 8.67. The maximum Gasteiger partial charge on any atom is 0.255 e. The molecular formula is C19H20ClN3O4S. The van der Waals surface area contributed by atoms with Gasteiger partial charge in [-0.05, 0) is 36.4 Å². The van der Waals surface area contributed by atoms with E-state index >= 15 is 0 Å². The van der Waals surface area contributed by atoms with Crippen LogP contribution in [0.2, 0.25) is 5.02 Å². The fraction of sp³-hybridized carbons (Fsp3) is 0.263. The molecule has 2 aromatic carbocycles. The molecule has 0 aromatic heterocycles. The molecule has 2 aromatic rings. The summed E-state index contributed by atoms with van der Waals surface area (Å²) in [5.74, 6) is -0.301. The molecule has 0 atom stereocenters. The Morgan fingerprint density at radius 2 is 1.43 bits per heavy atom. The SMILES string of the molecule is CS(=O)(=O)Nc1ccc(C(=O)N2CCN(C(=O)c3ccccc3Cl)CC2)cc1. The lowest BCUT2D eigenvalue weighted by atomic mass is 10.1. The molecule has 9 heteroatoms. The summed E-state index contributed by atoms with van der Waals surface area (Å²) in [4.78, 5) is 28.6. The van der Waals surface area contributed by atoms with Gasteiger partial charge in [0.25, 0.3) is 11.8 Å². The fourth-order valence-electron chi connectivity index (χ4n) is 3.00. The first-order valence-corrected chi connectivity index (χ1v) is 10.9. The third-order valence-corrected chi connectivity index (χ3v) is 5.33. The predicted molar refractivity (Wildman–Crippen MR) is 108 cm³/mol. The molecule has 28 heavy (non-hydrogen) atoms. The number of halogens is 1. The Morgan fingerprint density at radius 3 is 1.96 bits per heavy atom. The van der Waals surface area contributed by atoms with Crippen molar-refractivity contribution in [2.24, 2.45) is 0 Å². The summed E-state index contributed by atoms with van der Waals surface area (Å²) in [7, 11) is -3.36. The zero-order valence-electron chi connectivity index (χ0n) is 15.3. The van der Waals surface area contributed by atoms with Gasteiger partial charge in [-0.2, -0.15) is 0 Å². The van der Waals surface area contributed by atoms with Gasteiger partial charge in [0.2, 0.25) is 10.0 Å². The van der Waals surface area contributed by atoms with Crippen LogP contribution in [0.25, 0.3) is 0 Å². The van der Waals surface area contributed by atoms with Crippen LogP contribution in [0.5, 0.6) is 0 Å². The Morgan fingerprint density at radius 1 is 0.893 bits per heavy atom. The topological polar surface area (TPSA) is 86.8 Å². The molecule has 148 valence electrons. The van der Waals surface area contributed by atoms with Crippen molar-refractivity contribution in [2.45, 2.75) is 0 Å². The summed E-state index contributed by atoms with van der Waals surface area (Å²) in [5, 5.41) is 0.411. The smallest absolute Gasteiger partial charge is 0.255 e. The lowest BCUT2D eigenvalue weighted by Crippen LogP contribution is -2.50. The molecule has 1 N–H and O–H groups in total. The van der Waals surface area contributed by atoms with Crippen molar-refractivity contribution < 1.29 is 18.0 Å². The zero-order valence-corrected chi connectivity index (χ0v) is 16.8. The number of hydrogen-bond acceptors (Lipinski definition) is 4. The van der Waals surface area contributed by atoms with Crippen LogP contribution in [0.1, 0.15) is 20.7 Å². The van der Waals surface area contributed by atoms with Gasteiger partial charge < -0.3 is 9.80 Å². The maximum absolute atomic E-state index is 12.7. The van der Waals surface area contributed by atoms with Gasteiger partial charge in [-0.1, -0.05) is 23.7 Å². The highest BCUT2D eigenvalue weighted by molar-refractivity contribution is 7.92. The predicted octanol–water partition coefficient (Wildman–Crippen LogP) is 2.31. The van der Waals surface area contributed by atoms with Crippen molar-refractivity contribution >= 4 is 39.1 Å². The molecule has 1 fully saturated rings. The van der Waals surface area contributed by atoms with E-state index in [1.807, 2.05) is 0 Å². The lowest BCUT2D eigenvalue weighted by Gasteiger charge is -2.35. The van der Waals surface area contributed by atoms with Gasteiger partial charge in [0.05, 0.1) is 16.8 Å². The Bertz CT molecular complexity index is 984. The second kappa shape index (κ2) is 8.20. The fourth-order valence-corrected chi connectivity index (χ4v) is 3.78. The molecule has 0 radical (unpaired) electrons. The number of anilines is 1. The molecule has 0 spiro atoms. The summed E-state index contributed by atoms with van der Waals surface area (Å²) >= 11 is 6.10. The molecule has 1 aliphatic heterocycles. The van der Waals surface area contributed by atoms with Gasteiger partial charge in [-0.3, -0.25) is 14.3 Å². The summed E-state index contributed by atoms with van der Waals surface area (Å²) < 4.78 is 24.9. The van der Waals surface area contributed by atoms with Crippen LogP contribution < -0.4 is 4.72 Å². The van der Waals surface area contributed by atoms with Crippen LogP contribution in [-0.2, 0) is 10.0 Å². The van der Waals surface area contributed by atoms with E-state index < -0.39 is 10.0 Å². The highest BCUT2D eigenvalue weighted by atomic mass is 35.5.